The van der Waals surface area contributed by atoms with Crippen LogP contribution in [0.5, 0.6) is 5.75 Å². The monoisotopic (exact) mass is 325 g/mol. The Morgan fingerprint density at radius 3 is 2.04 bits per heavy atom. The molecule has 0 saturated heterocycles. The van der Waals surface area contributed by atoms with Crippen LogP contribution >= 0.6 is 0 Å². The van der Waals surface area contributed by atoms with Crippen LogP contribution < -0.4 is 10.1 Å². The summed E-state index contributed by atoms with van der Waals surface area (Å²) in [5.41, 5.74) is 2.88. The first-order valence-corrected chi connectivity index (χ1v) is 8.80. The Bertz CT molecular complexity index is 617. The van der Waals surface area contributed by atoms with E-state index in [0.717, 1.165) is 29.9 Å². The number of hydrogen-bond acceptors (Lipinski definition) is 2. The quantitative estimate of drug-likeness (QED) is 0.654. The van der Waals surface area contributed by atoms with Crippen LogP contribution in [-0.2, 0) is 0 Å². The molecule has 0 radical (unpaired) electrons. The molecule has 128 valence electrons. The molecule has 2 rings (SSSR count). The summed E-state index contributed by atoms with van der Waals surface area (Å²) in [4.78, 5) is 11.6. The van der Waals surface area contributed by atoms with Crippen LogP contribution in [0.25, 0.3) is 11.1 Å². The van der Waals surface area contributed by atoms with E-state index in [0.29, 0.717) is 5.56 Å². The third-order valence-electron chi connectivity index (χ3n) is 4.08. The molecule has 0 unspecified atom stereocenters. The SMILES string of the molecule is CCCCCCCOc1ccc(-c2ccc(C(=O)NC)cc2)cc1. The molecular formula is C21H27NO2. The molecule has 0 bridgehead atoms. The van der Waals surface area contributed by atoms with Gasteiger partial charge in [-0.15, -0.1) is 0 Å². The standard InChI is InChI=1S/C21H27NO2/c1-3-4-5-6-7-16-24-20-14-12-18(13-15-20)17-8-10-19(11-9-17)21(23)22-2/h8-15H,3-7,16H2,1-2H3,(H,22,23). The van der Waals surface area contributed by atoms with E-state index in [1.165, 1.54) is 25.7 Å². The minimum atomic E-state index is -0.0655. The molecule has 24 heavy (non-hydrogen) atoms. The maximum Gasteiger partial charge on any atom is 0.251 e. The van der Waals surface area contributed by atoms with Crippen LogP contribution in [0, 0.1) is 0 Å². The molecule has 3 heteroatoms. The lowest BCUT2D eigenvalue weighted by Gasteiger charge is -2.08. The van der Waals surface area contributed by atoms with E-state index in [2.05, 4.69) is 24.4 Å². The van der Waals surface area contributed by atoms with Gasteiger partial charge in [0.15, 0.2) is 0 Å². The summed E-state index contributed by atoms with van der Waals surface area (Å²) in [6.45, 7) is 3.01. The zero-order valence-corrected chi connectivity index (χ0v) is 14.7. The molecule has 0 saturated carbocycles. The van der Waals surface area contributed by atoms with Crippen LogP contribution in [0.2, 0.25) is 0 Å². The van der Waals surface area contributed by atoms with Crippen LogP contribution in [0.4, 0.5) is 0 Å². The molecular weight excluding hydrogens is 298 g/mol. The second-order valence-electron chi connectivity index (χ2n) is 5.94. The summed E-state index contributed by atoms with van der Waals surface area (Å²) in [6, 6.07) is 15.7. The van der Waals surface area contributed by atoms with E-state index < -0.39 is 0 Å². The third kappa shape index (κ3) is 5.41. The first-order valence-electron chi connectivity index (χ1n) is 8.80. The Kier molecular flexibility index (Phi) is 7.34. The lowest BCUT2D eigenvalue weighted by molar-refractivity contribution is 0.0963. The van der Waals surface area contributed by atoms with Gasteiger partial charge in [-0.3, -0.25) is 4.79 Å². The van der Waals surface area contributed by atoms with Crippen molar-refractivity contribution in [2.45, 2.75) is 39.0 Å². The van der Waals surface area contributed by atoms with Gasteiger partial charge in [0.05, 0.1) is 6.61 Å². The van der Waals surface area contributed by atoms with E-state index in [1.807, 2.05) is 36.4 Å². The normalized spacial score (nSPS) is 10.4. The van der Waals surface area contributed by atoms with Crippen molar-refractivity contribution in [2.75, 3.05) is 13.7 Å². The Hall–Kier alpha value is -2.29. The molecule has 2 aromatic rings. The molecule has 0 spiro atoms. The molecule has 0 aliphatic heterocycles. The zero-order valence-electron chi connectivity index (χ0n) is 14.7. The second-order valence-corrected chi connectivity index (χ2v) is 5.94. The summed E-state index contributed by atoms with van der Waals surface area (Å²) < 4.78 is 5.79. The molecule has 0 heterocycles. The van der Waals surface area contributed by atoms with Crippen LogP contribution in [0.3, 0.4) is 0 Å². The van der Waals surface area contributed by atoms with Crippen molar-refractivity contribution >= 4 is 5.91 Å². The maximum absolute atomic E-state index is 11.6. The number of carbonyl (C=O) groups excluding carboxylic acids is 1. The van der Waals surface area contributed by atoms with Crippen LogP contribution in [0.1, 0.15) is 49.4 Å². The van der Waals surface area contributed by atoms with Crippen LogP contribution in [0.15, 0.2) is 48.5 Å². The van der Waals surface area contributed by atoms with Gasteiger partial charge < -0.3 is 10.1 Å². The van der Waals surface area contributed by atoms with E-state index in [-0.39, 0.29) is 5.91 Å². The van der Waals surface area contributed by atoms with E-state index >= 15 is 0 Å². The summed E-state index contributed by atoms with van der Waals surface area (Å²) in [7, 11) is 1.64. The Balaban J connectivity index is 1.86. The number of rotatable bonds is 9. The highest BCUT2D eigenvalue weighted by Crippen LogP contribution is 2.23. The number of ether oxygens (including phenoxy) is 1. The van der Waals surface area contributed by atoms with E-state index in [9.17, 15) is 4.79 Å². The predicted molar refractivity (Wildman–Crippen MR) is 99.5 cm³/mol. The lowest BCUT2D eigenvalue weighted by Crippen LogP contribution is -2.17. The number of amides is 1. The fraction of sp³-hybridized carbons (Fsp3) is 0.381. The van der Waals surface area contributed by atoms with Crippen LogP contribution in [-0.4, -0.2) is 19.6 Å². The van der Waals surface area contributed by atoms with Crippen molar-refractivity contribution in [2.24, 2.45) is 0 Å². The average molecular weight is 325 g/mol. The smallest absolute Gasteiger partial charge is 0.251 e. The van der Waals surface area contributed by atoms with Gasteiger partial charge in [-0.25, -0.2) is 0 Å². The topological polar surface area (TPSA) is 38.3 Å². The lowest BCUT2D eigenvalue weighted by atomic mass is 10.0. The maximum atomic E-state index is 11.6. The average Bonchev–Trinajstić information content (AvgIpc) is 2.64. The number of carbonyl (C=O) groups is 1. The highest BCUT2D eigenvalue weighted by molar-refractivity contribution is 5.94. The van der Waals surface area contributed by atoms with Crippen molar-refractivity contribution < 1.29 is 9.53 Å². The minimum Gasteiger partial charge on any atom is -0.494 e. The molecule has 3 nitrogen and oxygen atoms in total. The second kappa shape index (κ2) is 9.76. The fourth-order valence-electron chi connectivity index (χ4n) is 2.60. The number of nitrogens with one attached hydrogen (secondary N) is 1. The third-order valence-corrected chi connectivity index (χ3v) is 4.08. The summed E-state index contributed by atoms with van der Waals surface area (Å²) in [6.07, 6.45) is 6.23. The van der Waals surface area contributed by atoms with Gasteiger partial charge >= 0.3 is 0 Å². The Morgan fingerprint density at radius 2 is 1.46 bits per heavy atom. The highest BCUT2D eigenvalue weighted by atomic mass is 16.5. The van der Waals surface area contributed by atoms with Gasteiger partial charge in [-0.2, -0.15) is 0 Å². The van der Waals surface area contributed by atoms with E-state index in [1.54, 1.807) is 7.05 Å². The number of unbranched alkanes of at least 4 members (excludes halogenated alkanes) is 4. The number of hydrogen-bond donors (Lipinski definition) is 1. The van der Waals surface area contributed by atoms with Gasteiger partial charge in [0.2, 0.25) is 0 Å². The van der Waals surface area contributed by atoms with Gasteiger partial charge in [0.1, 0.15) is 5.75 Å². The first-order chi connectivity index (χ1) is 11.7. The molecule has 2 aromatic carbocycles. The summed E-state index contributed by atoms with van der Waals surface area (Å²) >= 11 is 0. The van der Waals surface area contributed by atoms with Gasteiger partial charge in [0.25, 0.3) is 5.91 Å². The molecule has 0 aliphatic carbocycles. The summed E-state index contributed by atoms with van der Waals surface area (Å²) in [5.74, 6) is 0.848. The van der Waals surface area contributed by atoms with Gasteiger partial charge in [0, 0.05) is 12.6 Å². The molecule has 0 atom stereocenters. The summed E-state index contributed by atoms with van der Waals surface area (Å²) in [5, 5.41) is 2.63. The van der Waals surface area contributed by atoms with Crippen molar-refractivity contribution in [1.82, 2.24) is 5.32 Å². The van der Waals surface area contributed by atoms with Crippen molar-refractivity contribution in [3.05, 3.63) is 54.1 Å². The number of benzene rings is 2. The van der Waals surface area contributed by atoms with Crippen molar-refractivity contribution in [1.29, 1.82) is 0 Å². The molecule has 0 aromatic heterocycles. The zero-order chi connectivity index (χ0) is 17.2. The predicted octanol–water partition coefficient (Wildman–Crippen LogP) is 5.06. The van der Waals surface area contributed by atoms with Gasteiger partial charge in [-0.1, -0.05) is 56.9 Å². The first kappa shape index (κ1) is 18.1. The molecule has 1 N–H and O–H groups in total. The fourth-order valence-corrected chi connectivity index (χ4v) is 2.60. The Labute approximate surface area is 145 Å². The van der Waals surface area contributed by atoms with Crippen molar-refractivity contribution in [3.8, 4) is 16.9 Å². The highest BCUT2D eigenvalue weighted by Gasteiger charge is 2.04. The molecule has 1 amide bonds. The van der Waals surface area contributed by atoms with E-state index in [4.69, 9.17) is 4.74 Å². The largest absolute Gasteiger partial charge is 0.494 e. The van der Waals surface area contributed by atoms with Crippen molar-refractivity contribution in [3.63, 3.8) is 0 Å². The molecule has 0 aliphatic rings. The Morgan fingerprint density at radius 1 is 0.875 bits per heavy atom. The van der Waals surface area contributed by atoms with Gasteiger partial charge in [-0.05, 0) is 41.8 Å². The minimum absolute atomic E-state index is 0.0655. The molecule has 0 fully saturated rings.